The van der Waals surface area contributed by atoms with Crippen LogP contribution in [-0.2, 0) is 13.1 Å². The Morgan fingerprint density at radius 1 is 0.636 bits per heavy atom. The molecule has 4 N–H and O–H groups in total. The fraction of sp³-hybridized carbons (Fsp3) is 0.167. The van der Waals surface area contributed by atoms with Gasteiger partial charge in [0.1, 0.15) is 22.8 Å². The lowest BCUT2D eigenvalue weighted by Gasteiger charge is -2.16. The summed E-state index contributed by atoms with van der Waals surface area (Å²) in [6, 6.07) is 32.8. The van der Waals surface area contributed by atoms with Crippen molar-refractivity contribution in [3.05, 3.63) is 147 Å². The maximum atomic E-state index is 12.9. The lowest BCUT2D eigenvalue weighted by molar-refractivity contribution is 0.0995. The molecule has 280 valence electrons. The number of nitrogens with zero attached hydrogens (tertiary/aromatic N) is 4. The Bertz CT molecular complexity index is 2460. The second kappa shape index (κ2) is 18.0. The molecule has 0 unspecified atom stereocenters. The monoisotopic (exact) mass is 755 g/mol. The van der Waals surface area contributed by atoms with Gasteiger partial charge in [-0.05, 0) is 76.4 Å². The van der Waals surface area contributed by atoms with Crippen LogP contribution in [0.1, 0.15) is 58.8 Å². The van der Waals surface area contributed by atoms with Gasteiger partial charge < -0.3 is 16.4 Å². The van der Waals surface area contributed by atoms with Crippen LogP contribution in [-0.4, -0.2) is 43.3 Å². The van der Waals surface area contributed by atoms with E-state index in [1.165, 1.54) is 23.2 Å². The highest BCUT2D eigenvalue weighted by molar-refractivity contribution is 7.98. The van der Waals surface area contributed by atoms with Gasteiger partial charge in [0.2, 0.25) is 5.91 Å². The maximum absolute atomic E-state index is 12.9. The first-order valence-electron chi connectivity index (χ1n) is 17.5. The molecule has 0 radical (unpaired) electrons. The topological polar surface area (TPSA) is 171 Å². The normalized spacial score (nSPS) is 10.6. The van der Waals surface area contributed by atoms with Crippen LogP contribution in [0, 0.1) is 0 Å². The zero-order chi connectivity index (χ0) is 39.6. The summed E-state index contributed by atoms with van der Waals surface area (Å²) in [5, 5.41) is 15.1. The number of aromatic nitrogens is 4. The van der Waals surface area contributed by atoms with Crippen LogP contribution >= 0.6 is 11.8 Å². The number of carbonyl (C=O) groups is 3. The molecule has 0 fully saturated rings. The fourth-order valence-corrected chi connectivity index (χ4v) is 6.25. The van der Waals surface area contributed by atoms with E-state index >= 15 is 0 Å². The number of Topliss-reactive ketones (excluding diaryl/α,β-unsaturated/α-hetero) is 2. The number of thioether (sulfide) groups is 1. The van der Waals surface area contributed by atoms with Crippen molar-refractivity contribution in [3.8, 4) is 22.5 Å². The van der Waals surface area contributed by atoms with Gasteiger partial charge in [0.05, 0.1) is 11.1 Å². The summed E-state index contributed by atoms with van der Waals surface area (Å²) in [5.41, 5.74) is 9.64. The van der Waals surface area contributed by atoms with E-state index in [4.69, 9.17) is 5.73 Å². The highest BCUT2D eigenvalue weighted by Crippen LogP contribution is 2.30. The Morgan fingerprint density at radius 2 is 1.09 bits per heavy atom. The summed E-state index contributed by atoms with van der Waals surface area (Å²) >= 11 is 1.61. The third-order valence-electron chi connectivity index (χ3n) is 8.49. The Morgan fingerprint density at radius 3 is 1.49 bits per heavy atom. The summed E-state index contributed by atoms with van der Waals surface area (Å²) < 4.78 is 2.70. The van der Waals surface area contributed by atoms with E-state index in [0.717, 1.165) is 21.7 Å². The predicted octanol–water partition coefficient (Wildman–Crippen LogP) is 7.57. The number of aryl methyl sites for hydroxylation is 2. The van der Waals surface area contributed by atoms with Crippen molar-refractivity contribution in [2.45, 2.75) is 45.7 Å². The Kier molecular flexibility index (Phi) is 12.9. The van der Waals surface area contributed by atoms with Crippen LogP contribution in [0.3, 0.4) is 0 Å². The van der Waals surface area contributed by atoms with Crippen molar-refractivity contribution in [3.63, 3.8) is 0 Å². The van der Waals surface area contributed by atoms with Crippen LogP contribution in [0.2, 0.25) is 0 Å². The van der Waals surface area contributed by atoms with E-state index in [-0.39, 0.29) is 34.1 Å². The van der Waals surface area contributed by atoms with Crippen LogP contribution in [0.5, 0.6) is 0 Å². The van der Waals surface area contributed by atoms with Crippen molar-refractivity contribution >= 4 is 52.0 Å². The highest BCUT2D eigenvalue weighted by Gasteiger charge is 2.23. The number of benzene rings is 4. The Balaban J connectivity index is 0.000000211. The minimum Gasteiger partial charge on any atom is -0.366 e. The van der Waals surface area contributed by atoms with Crippen molar-refractivity contribution in [2.24, 2.45) is 5.73 Å². The minimum atomic E-state index is -0.542. The van der Waals surface area contributed by atoms with E-state index in [0.29, 0.717) is 41.3 Å². The lowest BCUT2D eigenvalue weighted by atomic mass is 10.0. The largest absolute Gasteiger partial charge is 0.366 e. The van der Waals surface area contributed by atoms with E-state index in [2.05, 4.69) is 20.8 Å². The van der Waals surface area contributed by atoms with Crippen molar-refractivity contribution < 1.29 is 14.4 Å². The molecule has 12 nitrogen and oxygen atoms in total. The molecular weight excluding hydrogens is 715 g/mol. The van der Waals surface area contributed by atoms with Gasteiger partial charge in [-0.1, -0.05) is 66.7 Å². The third kappa shape index (κ3) is 9.14. The average molecular weight is 756 g/mol. The van der Waals surface area contributed by atoms with E-state index in [1.807, 2.05) is 105 Å². The number of amides is 1. The molecule has 0 aliphatic heterocycles. The second-order valence-electron chi connectivity index (χ2n) is 12.2. The molecule has 0 aliphatic carbocycles. The fourth-order valence-electron chi connectivity index (χ4n) is 5.79. The number of primary amides is 1. The van der Waals surface area contributed by atoms with Gasteiger partial charge in [0.25, 0.3) is 11.1 Å². The van der Waals surface area contributed by atoms with Crippen LogP contribution in [0.4, 0.5) is 22.7 Å². The Hall–Kier alpha value is -6.60. The first kappa shape index (κ1) is 39.6. The number of anilines is 4. The van der Waals surface area contributed by atoms with Crippen LogP contribution in [0.15, 0.2) is 124 Å². The molecule has 6 aromatic rings. The van der Waals surface area contributed by atoms with Crippen molar-refractivity contribution in [1.29, 1.82) is 0 Å². The number of carbonyl (C=O) groups excluding carboxylic acids is 3. The number of hydrogen-bond acceptors (Lipinski definition) is 10. The third-order valence-corrected chi connectivity index (χ3v) is 9.21. The van der Waals surface area contributed by atoms with E-state index in [1.54, 1.807) is 36.0 Å². The van der Waals surface area contributed by atoms with Gasteiger partial charge in [-0.15, -0.1) is 11.8 Å². The molecule has 2 heterocycles. The van der Waals surface area contributed by atoms with E-state index in [9.17, 15) is 24.0 Å². The molecule has 4 aromatic carbocycles. The molecule has 2 aromatic heterocycles. The molecule has 0 saturated carbocycles. The zero-order valence-corrected chi connectivity index (χ0v) is 31.9. The van der Waals surface area contributed by atoms with Gasteiger partial charge in [-0.2, -0.15) is 10.2 Å². The maximum Gasteiger partial charge on any atom is 0.291 e. The van der Waals surface area contributed by atoms with Gasteiger partial charge >= 0.3 is 0 Å². The first-order valence-corrected chi connectivity index (χ1v) is 18.7. The summed E-state index contributed by atoms with van der Waals surface area (Å²) in [6.07, 6.45) is 1.99. The first-order chi connectivity index (χ1) is 26.5. The molecular formula is C42H41N7O5S. The molecule has 0 saturated heterocycles. The summed E-state index contributed by atoms with van der Waals surface area (Å²) in [5.74, 6) is -1.02. The molecule has 1 amide bonds. The SMILES string of the molecule is CCn1nc(-c2ccccc2)c(C(C)=O)c(Nc2ccc(C(N)=O)cc2)c1=O.CCn1nc(-c2ccccc2)c(C(C)=O)c(Nc2cccc(SC)c2)c1=O. The second-order valence-corrected chi connectivity index (χ2v) is 13.1. The smallest absolute Gasteiger partial charge is 0.291 e. The molecule has 0 spiro atoms. The number of nitrogens with one attached hydrogen (secondary N) is 2. The number of nitrogens with two attached hydrogens (primary N) is 1. The standard InChI is InChI=1S/C21H20N4O3.C21H21N3O2S/c1-3-25-21(28)19(23-16-11-9-15(10-12-16)20(22)27)17(13(2)26)18(24-25)14-7-5-4-6-8-14;1-4-24-21(26)20(22-16-11-8-12-17(13-16)27-3)18(14(2)25)19(23-24)15-9-6-5-7-10-15/h4-12,23H,3H2,1-2H3,(H2,22,27);5-13,22H,4H2,1-3H3. The number of rotatable bonds is 12. The highest BCUT2D eigenvalue weighted by atomic mass is 32.2. The van der Waals surface area contributed by atoms with Gasteiger partial charge in [0, 0.05) is 46.1 Å². The van der Waals surface area contributed by atoms with Gasteiger partial charge in [-0.25, -0.2) is 9.36 Å². The zero-order valence-electron chi connectivity index (χ0n) is 31.1. The summed E-state index contributed by atoms with van der Waals surface area (Å²) in [6.45, 7) is 7.29. The molecule has 55 heavy (non-hydrogen) atoms. The van der Waals surface area contributed by atoms with Gasteiger partial charge in [0.15, 0.2) is 11.6 Å². The lowest BCUT2D eigenvalue weighted by Crippen LogP contribution is -2.28. The summed E-state index contributed by atoms with van der Waals surface area (Å²) in [4.78, 5) is 63.1. The van der Waals surface area contributed by atoms with Crippen molar-refractivity contribution in [2.75, 3.05) is 16.9 Å². The quantitative estimate of drug-likeness (QED) is 0.0836. The molecule has 0 atom stereocenters. The van der Waals surface area contributed by atoms with E-state index < -0.39 is 11.5 Å². The average Bonchev–Trinajstić information content (AvgIpc) is 3.20. The molecule has 6 rings (SSSR count). The van der Waals surface area contributed by atoms with Crippen molar-refractivity contribution in [1.82, 2.24) is 19.6 Å². The Labute approximate surface area is 322 Å². The molecule has 0 bridgehead atoms. The molecule has 0 aliphatic rings. The summed E-state index contributed by atoms with van der Waals surface area (Å²) in [7, 11) is 0. The van der Waals surface area contributed by atoms with Crippen LogP contribution < -0.4 is 27.5 Å². The van der Waals surface area contributed by atoms with Crippen LogP contribution in [0.25, 0.3) is 22.5 Å². The molecule has 13 heteroatoms. The number of ketones is 2. The predicted molar refractivity (Wildman–Crippen MR) is 219 cm³/mol. The number of hydrogen-bond donors (Lipinski definition) is 3. The minimum absolute atomic E-state index is 0.148. The van der Waals surface area contributed by atoms with Gasteiger partial charge in [-0.3, -0.25) is 24.0 Å².